The predicted octanol–water partition coefficient (Wildman–Crippen LogP) is 3.32. The number of halogens is 1. The zero-order valence-corrected chi connectivity index (χ0v) is 12.2. The van der Waals surface area contributed by atoms with E-state index >= 15 is 0 Å². The molecule has 0 aliphatic carbocycles. The van der Waals surface area contributed by atoms with Crippen LogP contribution in [-0.4, -0.2) is 17.8 Å². The van der Waals surface area contributed by atoms with E-state index < -0.39 is 0 Å². The number of fused-ring (bicyclic) bond motifs is 1. The summed E-state index contributed by atoms with van der Waals surface area (Å²) in [5.41, 5.74) is 2.47. The molecule has 0 spiro atoms. The predicted molar refractivity (Wildman–Crippen MR) is 78.3 cm³/mol. The van der Waals surface area contributed by atoms with Crippen molar-refractivity contribution in [1.29, 1.82) is 0 Å². The lowest BCUT2D eigenvalue weighted by Crippen LogP contribution is -2.19. The zero-order valence-electron chi connectivity index (χ0n) is 11.5. The molecule has 1 aromatic carbocycles. The van der Waals surface area contributed by atoms with Gasteiger partial charge in [0.25, 0.3) is 0 Å². The molecule has 0 N–H and O–H groups in total. The quantitative estimate of drug-likeness (QED) is 0.816. The maximum absolute atomic E-state index is 11.7. The minimum Gasteiger partial charge on any atom is -0.408 e. The molecule has 0 bridgehead atoms. The molecule has 0 amide bonds. The Balaban J connectivity index is 1.94. The van der Waals surface area contributed by atoms with Gasteiger partial charge in [0.05, 0.1) is 10.9 Å². The normalized spacial score (nSPS) is 18.5. The summed E-state index contributed by atoms with van der Waals surface area (Å²) in [7, 11) is 0. The number of benzene rings is 1. The molecule has 0 saturated carbocycles. The molecule has 1 aliphatic heterocycles. The molecule has 5 heteroatoms. The first-order chi connectivity index (χ1) is 9.70. The fourth-order valence-corrected chi connectivity index (χ4v) is 3.22. The molecule has 108 valence electrons. The van der Waals surface area contributed by atoms with Crippen LogP contribution in [0.5, 0.6) is 0 Å². The molecular formula is C15H18ClNO3. The first kappa shape index (κ1) is 13.7. The van der Waals surface area contributed by atoms with Gasteiger partial charge in [-0.05, 0) is 43.4 Å². The second-order valence-electron chi connectivity index (χ2n) is 5.19. The van der Waals surface area contributed by atoms with Crippen LogP contribution < -0.4 is 5.76 Å². The van der Waals surface area contributed by atoms with Gasteiger partial charge in [0.1, 0.15) is 0 Å². The molecule has 3 rings (SSSR count). The van der Waals surface area contributed by atoms with E-state index in [-0.39, 0.29) is 11.1 Å². The highest BCUT2D eigenvalue weighted by Crippen LogP contribution is 2.36. The van der Waals surface area contributed by atoms with E-state index in [0.29, 0.717) is 18.0 Å². The van der Waals surface area contributed by atoms with E-state index in [0.717, 1.165) is 37.1 Å². The topological polar surface area (TPSA) is 44.4 Å². The number of nitrogens with zero attached hydrogens (tertiary/aromatic N) is 1. The first-order valence-electron chi connectivity index (χ1n) is 7.06. The Kier molecular flexibility index (Phi) is 3.85. The van der Waals surface area contributed by atoms with Crippen molar-refractivity contribution < 1.29 is 9.15 Å². The van der Waals surface area contributed by atoms with Gasteiger partial charge in [-0.3, -0.25) is 4.57 Å². The number of oxazole rings is 1. The molecule has 1 unspecified atom stereocenters. The van der Waals surface area contributed by atoms with Gasteiger partial charge >= 0.3 is 5.76 Å². The molecule has 4 nitrogen and oxygen atoms in total. The van der Waals surface area contributed by atoms with Crippen molar-refractivity contribution in [3.8, 4) is 0 Å². The largest absolute Gasteiger partial charge is 0.419 e. The summed E-state index contributed by atoms with van der Waals surface area (Å²) in [6.07, 6.45) is 1.96. The van der Waals surface area contributed by atoms with E-state index in [1.165, 1.54) is 0 Å². The molecule has 2 aromatic rings. The van der Waals surface area contributed by atoms with E-state index in [1.807, 2.05) is 25.1 Å². The number of ether oxygens (including phenoxy) is 1. The van der Waals surface area contributed by atoms with Crippen LogP contribution in [0.4, 0.5) is 0 Å². The fourth-order valence-electron chi connectivity index (χ4n) is 2.83. The van der Waals surface area contributed by atoms with Gasteiger partial charge in [0, 0.05) is 19.8 Å². The number of hydrogen-bond acceptors (Lipinski definition) is 3. The highest BCUT2D eigenvalue weighted by molar-refractivity contribution is 6.21. The summed E-state index contributed by atoms with van der Waals surface area (Å²) in [4.78, 5) is 11.7. The summed E-state index contributed by atoms with van der Waals surface area (Å²) in [5.74, 6) is 0.111. The molecule has 0 radical (unpaired) electrons. The second kappa shape index (κ2) is 5.62. The standard InChI is InChI=1S/C15H18ClNO3/c1-2-17-12-4-3-11(9-13(12)20-15(17)18)14(16)10-5-7-19-8-6-10/h3-4,9-10,14H,2,5-8H2,1H3. The number of alkyl halides is 1. The van der Waals surface area contributed by atoms with Gasteiger partial charge in [-0.2, -0.15) is 0 Å². The monoisotopic (exact) mass is 295 g/mol. The Hall–Kier alpha value is -1.26. The van der Waals surface area contributed by atoms with Crippen LogP contribution in [0.15, 0.2) is 27.4 Å². The van der Waals surface area contributed by atoms with Gasteiger partial charge in [-0.1, -0.05) is 6.07 Å². The van der Waals surface area contributed by atoms with Gasteiger partial charge in [-0.25, -0.2) is 4.79 Å². The van der Waals surface area contributed by atoms with Gasteiger partial charge in [-0.15, -0.1) is 11.6 Å². The molecule has 1 fully saturated rings. The van der Waals surface area contributed by atoms with Crippen molar-refractivity contribution in [3.05, 3.63) is 34.3 Å². The third kappa shape index (κ3) is 2.38. The number of aryl methyl sites for hydroxylation is 1. The average Bonchev–Trinajstić information content (AvgIpc) is 2.81. The highest BCUT2D eigenvalue weighted by Gasteiger charge is 2.24. The Morgan fingerprint density at radius 2 is 2.15 bits per heavy atom. The minimum atomic E-state index is -0.308. The number of aromatic nitrogens is 1. The van der Waals surface area contributed by atoms with Gasteiger partial charge < -0.3 is 9.15 Å². The SMILES string of the molecule is CCn1c(=O)oc2cc(C(Cl)C3CCOCC3)ccc21. The van der Waals surface area contributed by atoms with Crippen molar-refractivity contribution in [2.24, 2.45) is 5.92 Å². The summed E-state index contributed by atoms with van der Waals surface area (Å²) in [5, 5.41) is -0.0569. The third-order valence-electron chi connectivity index (χ3n) is 4.01. The van der Waals surface area contributed by atoms with Crippen LogP contribution in [0.1, 0.15) is 30.7 Å². The van der Waals surface area contributed by atoms with Crippen molar-refractivity contribution in [3.63, 3.8) is 0 Å². The molecular weight excluding hydrogens is 278 g/mol. The van der Waals surface area contributed by atoms with Crippen LogP contribution >= 0.6 is 11.6 Å². The summed E-state index contributed by atoms with van der Waals surface area (Å²) < 4.78 is 12.3. The van der Waals surface area contributed by atoms with E-state index in [9.17, 15) is 4.79 Å². The van der Waals surface area contributed by atoms with Crippen LogP contribution in [0.2, 0.25) is 0 Å². The summed E-state index contributed by atoms with van der Waals surface area (Å²) >= 11 is 6.58. The van der Waals surface area contributed by atoms with E-state index in [1.54, 1.807) is 4.57 Å². The minimum absolute atomic E-state index is 0.0569. The van der Waals surface area contributed by atoms with Crippen LogP contribution in [-0.2, 0) is 11.3 Å². The Labute approximate surface area is 122 Å². The summed E-state index contributed by atoms with van der Waals surface area (Å²) in [6, 6.07) is 5.82. The van der Waals surface area contributed by atoms with Gasteiger partial charge in [0.2, 0.25) is 0 Å². The second-order valence-corrected chi connectivity index (χ2v) is 5.66. The van der Waals surface area contributed by atoms with Crippen LogP contribution in [0, 0.1) is 5.92 Å². The smallest absolute Gasteiger partial charge is 0.408 e. The Bertz CT molecular complexity index is 655. The van der Waals surface area contributed by atoms with E-state index in [4.69, 9.17) is 20.8 Å². The maximum atomic E-state index is 11.7. The number of rotatable bonds is 3. The van der Waals surface area contributed by atoms with Crippen LogP contribution in [0.3, 0.4) is 0 Å². The average molecular weight is 296 g/mol. The van der Waals surface area contributed by atoms with Gasteiger partial charge in [0.15, 0.2) is 5.58 Å². The zero-order chi connectivity index (χ0) is 14.1. The van der Waals surface area contributed by atoms with E-state index in [2.05, 4.69) is 0 Å². The lowest BCUT2D eigenvalue weighted by atomic mass is 9.92. The Morgan fingerprint density at radius 3 is 2.85 bits per heavy atom. The fraction of sp³-hybridized carbons (Fsp3) is 0.533. The molecule has 1 saturated heterocycles. The van der Waals surface area contributed by atoms with Crippen molar-refractivity contribution in [2.45, 2.75) is 31.7 Å². The Morgan fingerprint density at radius 1 is 1.40 bits per heavy atom. The molecule has 1 atom stereocenters. The molecule has 1 aromatic heterocycles. The molecule has 2 heterocycles. The highest BCUT2D eigenvalue weighted by atomic mass is 35.5. The molecule has 20 heavy (non-hydrogen) atoms. The van der Waals surface area contributed by atoms with Crippen LogP contribution in [0.25, 0.3) is 11.1 Å². The lowest BCUT2D eigenvalue weighted by molar-refractivity contribution is 0.0651. The lowest BCUT2D eigenvalue weighted by Gasteiger charge is -2.26. The number of hydrogen-bond donors (Lipinski definition) is 0. The molecule has 1 aliphatic rings. The first-order valence-corrected chi connectivity index (χ1v) is 7.49. The van der Waals surface area contributed by atoms with Crippen molar-refractivity contribution >= 4 is 22.7 Å². The van der Waals surface area contributed by atoms with Crippen molar-refractivity contribution in [1.82, 2.24) is 4.57 Å². The maximum Gasteiger partial charge on any atom is 0.419 e. The summed E-state index contributed by atoms with van der Waals surface area (Å²) in [6.45, 7) is 4.08. The third-order valence-corrected chi connectivity index (χ3v) is 4.62. The van der Waals surface area contributed by atoms with Crippen molar-refractivity contribution in [2.75, 3.05) is 13.2 Å².